The lowest BCUT2D eigenvalue weighted by molar-refractivity contribution is -0.125. The number of hydrogen-bond donors (Lipinski definition) is 1. The summed E-state index contributed by atoms with van der Waals surface area (Å²) in [5.74, 6) is 1.16. The molecule has 0 spiro atoms. The first-order chi connectivity index (χ1) is 10.8. The second kappa shape index (κ2) is 7.07. The molecule has 0 unspecified atom stereocenters. The van der Waals surface area contributed by atoms with Crippen LogP contribution in [0.3, 0.4) is 0 Å². The van der Waals surface area contributed by atoms with Crippen LogP contribution in [0.4, 0.5) is 5.95 Å². The Balaban J connectivity index is 1.62. The maximum absolute atomic E-state index is 12.2. The molecule has 2 heterocycles. The molecular formula is C17H26N4O. The normalized spacial score (nSPS) is 20.8. The van der Waals surface area contributed by atoms with E-state index in [1.807, 2.05) is 6.20 Å². The fourth-order valence-corrected chi connectivity index (χ4v) is 3.32. The van der Waals surface area contributed by atoms with Crippen LogP contribution in [0.5, 0.6) is 0 Å². The Morgan fingerprint density at radius 3 is 3.00 bits per heavy atom. The Morgan fingerprint density at radius 1 is 1.41 bits per heavy atom. The molecule has 5 nitrogen and oxygen atoms in total. The average Bonchev–Trinajstić information content (AvgIpc) is 3.08. The van der Waals surface area contributed by atoms with Crippen molar-refractivity contribution in [2.75, 3.05) is 24.5 Å². The number of hydrogen-bond acceptors (Lipinski definition) is 4. The lowest BCUT2D eigenvalue weighted by atomic mass is 9.86. The van der Waals surface area contributed by atoms with Gasteiger partial charge < -0.3 is 10.2 Å². The SMILES string of the molecule is CCCCNC(=O)[C@H]1CCc2nc(N3CCCC3)ncc2C1. The smallest absolute Gasteiger partial charge is 0.225 e. The Labute approximate surface area is 132 Å². The molecule has 0 radical (unpaired) electrons. The van der Waals surface area contributed by atoms with Gasteiger partial charge in [0, 0.05) is 37.4 Å². The van der Waals surface area contributed by atoms with Gasteiger partial charge in [-0.3, -0.25) is 4.79 Å². The number of carbonyl (C=O) groups excluding carboxylic acids is 1. The summed E-state index contributed by atoms with van der Waals surface area (Å²) < 4.78 is 0. The predicted molar refractivity (Wildman–Crippen MR) is 86.9 cm³/mol. The second-order valence-electron chi connectivity index (χ2n) is 6.42. The van der Waals surface area contributed by atoms with Gasteiger partial charge in [-0.2, -0.15) is 0 Å². The van der Waals surface area contributed by atoms with Gasteiger partial charge in [0.05, 0.1) is 0 Å². The number of anilines is 1. The van der Waals surface area contributed by atoms with E-state index < -0.39 is 0 Å². The Bertz CT molecular complexity index is 525. The van der Waals surface area contributed by atoms with Crippen molar-refractivity contribution in [1.29, 1.82) is 0 Å². The van der Waals surface area contributed by atoms with E-state index in [9.17, 15) is 4.79 Å². The van der Waals surface area contributed by atoms with Crippen molar-refractivity contribution in [1.82, 2.24) is 15.3 Å². The van der Waals surface area contributed by atoms with Gasteiger partial charge in [0.25, 0.3) is 0 Å². The summed E-state index contributed by atoms with van der Waals surface area (Å²) in [6, 6.07) is 0. The first-order valence-electron chi connectivity index (χ1n) is 8.65. The molecule has 2 aliphatic rings. The van der Waals surface area contributed by atoms with Gasteiger partial charge >= 0.3 is 0 Å². The first kappa shape index (κ1) is 15.3. The molecule has 0 bridgehead atoms. The van der Waals surface area contributed by atoms with E-state index in [-0.39, 0.29) is 11.8 Å². The topological polar surface area (TPSA) is 58.1 Å². The van der Waals surface area contributed by atoms with Gasteiger partial charge in [-0.1, -0.05) is 13.3 Å². The van der Waals surface area contributed by atoms with Crippen LogP contribution >= 0.6 is 0 Å². The Hall–Kier alpha value is -1.65. The van der Waals surface area contributed by atoms with Crippen LogP contribution in [0.2, 0.25) is 0 Å². The summed E-state index contributed by atoms with van der Waals surface area (Å²) in [6.45, 7) is 5.07. The predicted octanol–water partition coefficient (Wildman–Crippen LogP) is 2.10. The summed E-state index contributed by atoms with van der Waals surface area (Å²) in [5.41, 5.74) is 2.30. The number of fused-ring (bicyclic) bond motifs is 1. The van der Waals surface area contributed by atoms with Crippen LogP contribution in [0.15, 0.2) is 6.20 Å². The number of unbranched alkanes of at least 4 members (excludes halogenated alkanes) is 1. The summed E-state index contributed by atoms with van der Waals surface area (Å²) >= 11 is 0. The minimum atomic E-state index is 0.0885. The number of amides is 1. The molecule has 1 aromatic rings. The van der Waals surface area contributed by atoms with E-state index in [1.54, 1.807) is 0 Å². The minimum absolute atomic E-state index is 0.0885. The molecule has 1 saturated heterocycles. The molecule has 1 amide bonds. The fraction of sp³-hybridized carbons (Fsp3) is 0.706. The molecule has 120 valence electrons. The molecule has 5 heteroatoms. The zero-order chi connectivity index (χ0) is 15.4. The number of carbonyl (C=O) groups is 1. The van der Waals surface area contributed by atoms with Crippen molar-refractivity contribution >= 4 is 11.9 Å². The van der Waals surface area contributed by atoms with Crippen LogP contribution < -0.4 is 10.2 Å². The van der Waals surface area contributed by atoms with E-state index in [0.717, 1.165) is 68.9 Å². The van der Waals surface area contributed by atoms with E-state index in [2.05, 4.69) is 22.1 Å². The Morgan fingerprint density at radius 2 is 2.23 bits per heavy atom. The maximum atomic E-state index is 12.2. The molecular weight excluding hydrogens is 276 g/mol. The number of rotatable bonds is 5. The Kier molecular flexibility index (Phi) is 4.90. The number of aromatic nitrogens is 2. The quantitative estimate of drug-likeness (QED) is 0.846. The number of nitrogens with one attached hydrogen (secondary N) is 1. The van der Waals surface area contributed by atoms with Crippen molar-refractivity contribution in [2.45, 2.75) is 51.9 Å². The summed E-state index contributed by atoms with van der Waals surface area (Å²) in [6.07, 6.45) is 9.17. The molecule has 1 aliphatic heterocycles. The molecule has 1 N–H and O–H groups in total. The molecule has 1 aliphatic carbocycles. The zero-order valence-corrected chi connectivity index (χ0v) is 13.5. The van der Waals surface area contributed by atoms with E-state index in [0.29, 0.717) is 0 Å². The number of aryl methyl sites for hydroxylation is 1. The van der Waals surface area contributed by atoms with Gasteiger partial charge in [-0.05, 0) is 44.1 Å². The third-order valence-electron chi connectivity index (χ3n) is 4.73. The molecule has 1 atom stereocenters. The van der Waals surface area contributed by atoms with Crippen molar-refractivity contribution in [3.63, 3.8) is 0 Å². The highest BCUT2D eigenvalue weighted by molar-refractivity contribution is 5.79. The van der Waals surface area contributed by atoms with Crippen LogP contribution in [-0.2, 0) is 17.6 Å². The van der Waals surface area contributed by atoms with Crippen molar-refractivity contribution in [2.24, 2.45) is 5.92 Å². The van der Waals surface area contributed by atoms with Gasteiger partial charge in [-0.25, -0.2) is 9.97 Å². The van der Waals surface area contributed by atoms with E-state index >= 15 is 0 Å². The summed E-state index contributed by atoms with van der Waals surface area (Å²) in [4.78, 5) is 23.7. The first-order valence-corrected chi connectivity index (χ1v) is 8.65. The largest absolute Gasteiger partial charge is 0.356 e. The highest BCUT2D eigenvalue weighted by atomic mass is 16.1. The standard InChI is InChI=1S/C17H26N4O/c1-2-3-8-18-16(22)13-6-7-15-14(11-13)12-19-17(20-15)21-9-4-5-10-21/h12-13H,2-11H2,1H3,(H,18,22)/t13-/m0/s1. The third kappa shape index (κ3) is 3.39. The van der Waals surface area contributed by atoms with Crippen molar-refractivity contribution in [3.8, 4) is 0 Å². The molecule has 3 rings (SSSR count). The van der Waals surface area contributed by atoms with Gasteiger partial charge in [-0.15, -0.1) is 0 Å². The zero-order valence-electron chi connectivity index (χ0n) is 13.5. The van der Waals surface area contributed by atoms with Gasteiger partial charge in [0.15, 0.2) is 0 Å². The lowest BCUT2D eigenvalue weighted by Gasteiger charge is -2.24. The highest BCUT2D eigenvalue weighted by Crippen LogP contribution is 2.26. The van der Waals surface area contributed by atoms with Crippen LogP contribution in [0.1, 0.15) is 50.3 Å². The van der Waals surface area contributed by atoms with Gasteiger partial charge in [0.2, 0.25) is 11.9 Å². The van der Waals surface area contributed by atoms with E-state index in [4.69, 9.17) is 4.98 Å². The van der Waals surface area contributed by atoms with Crippen molar-refractivity contribution in [3.05, 3.63) is 17.5 Å². The fourth-order valence-electron chi connectivity index (χ4n) is 3.32. The van der Waals surface area contributed by atoms with Crippen LogP contribution in [-0.4, -0.2) is 35.5 Å². The lowest BCUT2D eigenvalue weighted by Crippen LogP contribution is -2.35. The molecule has 22 heavy (non-hydrogen) atoms. The highest BCUT2D eigenvalue weighted by Gasteiger charge is 2.26. The van der Waals surface area contributed by atoms with Crippen molar-refractivity contribution < 1.29 is 4.79 Å². The summed E-state index contributed by atoms with van der Waals surface area (Å²) in [5, 5.41) is 3.05. The second-order valence-corrected chi connectivity index (χ2v) is 6.42. The number of nitrogens with zero attached hydrogens (tertiary/aromatic N) is 3. The van der Waals surface area contributed by atoms with E-state index in [1.165, 1.54) is 12.8 Å². The van der Waals surface area contributed by atoms with Gasteiger partial charge in [0.1, 0.15) is 0 Å². The minimum Gasteiger partial charge on any atom is -0.356 e. The molecule has 0 aromatic carbocycles. The maximum Gasteiger partial charge on any atom is 0.225 e. The molecule has 1 aromatic heterocycles. The molecule has 1 fully saturated rings. The molecule has 0 saturated carbocycles. The van der Waals surface area contributed by atoms with Crippen LogP contribution in [0, 0.1) is 5.92 Å². The summed E-state index contributed by atoms with van der Waals surface area (Å²) in [7, 11) is 0. The average molecular weight is 302 g/mol. The third-order valence-corrected chi connectivity index (χ3v) is 4.73. The van der Waals surface area contributed by atoms with Crippen LogP contribution in [0.25, 0.3) is 0 Å². The monoisotopic (exact) mass is 302 g/mol.